The Kier molecular flexibility index (Phi) is 4.80. The second-order valence-corrected chi connectivity index (χ2v) is 5.19. The Morgan fingerprint density at radius 1 is 1.18 bits per heavy atom. The Hall–Kier alpha value is -0.610. The molecule has 0 spiro atoms. The van der Waals surface area contributed by atoms with E-state index in [0.717, 1.165) is 58.3 Å². The third-order valence-electron chi connectivity index (χ3n) is 3.99. The van der Waals surface area contributed by atoms with E-state index in [9.17, 15) is 4.79 Å². The highest BCUT2D eigenvalue weighted by molar-refractivity contribution is 5.77. The zero-order valence-electron chi connectivity index (χ0n) is 10.6. The minimum absolute atomic E-state index is 0.282. The van der Waals surface area contributed by atoms with Gasteiger partial charge in [0.05, 0.1) is 0 Å². The SMILES string of the molecule is O=C1CCCCN1C1CCN(CCCO)CC1. The van der Waals surface area contributed by atoms with E-state index in [-0.39, 0.29) is 6.61 Å². The lowest BCUT2D eigenvalue weighted by atomic mass is 9.99. The monoisotopic (exact) mass is 240 g/mol. The first-order valence-corrected chi connectivity index (χ1v) is 6.94. The van der Waals surface area contributed by atoms with Crippen molar-refractivity contribution in [2.45, 2.75) is 44.6 Å². The molecular formula is C13H24N2O2. The smallest absolute Gasteiger partial charge is 0.222 e. The lowest BCUT2D eigenvalue weighted by molar-refractivity contribution is -0.136. The number of piperidine rings is 2. The lowest BCUT2D eigenvalue weighted by Gasteiger charge is -2.40. The Balaban J connectivity index is 1.76. The van der Waals surface area contributed by atoms with Crippen molar-refractivity contribution in [2.75, 3.05) is 32.8 Å². The molecule has 2 aliphatic heterocycles. The van der Waals surface area contributed by atoms with Crippen LogP contribution in [0, 0.1) is 0 Å². The third-order valence-corrected chi connectivity index (χ3v) is 3.99. The van der Waals surface area contributed by atoms with E-state index in [1.54, 1.807) is 0 Å². The Morgan fingerprint density at radius 2 is 1.94 bits per heavy atom. The van der Waals surface area contributed by atoms with E-state index in [4.69, 9.17) is 5.11 Å². The summed E-state index contributed by atoms with van der Waals surface area (Å²) in [5.74, 6) is 0.366. The number of amides is 1. The molecule has 0 bridgehead atoms. The number of rotatable bonds is 4. The largest absolute Gasteiger partial charge is 0.396 e. The third kappa shape index (κ3) is 3.42. The van der Waals surface area contributed by atoms with E-state index >= 15 is 0 Å². The van der Waals surface area contributed by atoms with Crippen LogP contribution < -0.4 is 0 Å². The molecule has 0 atom stereocenters. The summed E-state index contributed by atoms with van der Waals surface area (Å²) in [5, 5.41) is 8.81. The van der Waals surface area contributed by atoms with Crippen molar-refractivity contribution in [2.24, 2.45) is 0 Å². The van der Waals surface area contributed by atoms with Crippen molar-refractivity contribution in [3.05, 3.63) is 0 Å². The van der Waals surface area contributed by atoms with Crippen molar-refractivity contribution in [1.82, 2.24) is 9.80 Å². The fourth-order valence-electron chi connectivity index (χ4n) is 2.96. The second-order valence-electron chi connectivity index (χ2n) is 5.19. The molecule has 0 aromatic rings. The minimum Gasteiger partial charge on any atom is -0.396 e. The summed E-state index contributed by atoms with van der Waals surface area (Å²) in [6.07, 6.45) is 6.09. The average molecular weight is 240 g/mol. The number of nitrogens with zero attached hydrogens (tertiary/aromatic N) is 2. The van der Waals surface area contributed by atoms with Crippen molar-refractivity contribution in [1.29, 1.82) is 0 Å². The van der Waals surface area contributed by atoms with Gasteiger partial charge in [-0.05, 0) is 32.1 Å². The Bertz CT molecular complexity index is 250. The number of hydrogen-bond acceptors (Lipinski definition) is 3. The van der Waals surface area contributed by atoms with Crippen LogP contribution in [0.4, 0.5) is 0 Å². The van der Waals surface area contributed by atoms with E-state index in [2.05, 4.69) is 9.80 Å². The quantitative estimate of drug-likeness (QED) is 0.792. The molecule has 2 aliphatic rings. The number of carbonyl (C=O) groups is 1. The van der Waals surface area contributed by atoms with Gasteiger partial charge >= 0.3 is 0 Å². The average Bonchev–Trinajstić information content (AvgIpc) is 2.38. The molecule has 0 aromatic heterocycles. The van der Waals surface area contributed by atoms with E-state index in [1.807, 2.05) is 0 Å². The molecule has 2 rings (SSSR count). The van der Waals surface area contributed by atoms with Gasteiger partial charge in [-0.1, -0.05) is 0 Å². The van der Waals surface area contributed by atoms with E-state index in [0.29, 0.717) is 11.9 Å². The maximum Gasteiger partial charge on any atom is 0.222 e. The summed E-state index contributed by atoms with van der Waals surface area (Å²) in [6, 6.07) is 0.480. The van der Waals surface area contributed by atoms with Crippen LogP contribution in [0.1, 0.15) is 38.5 Å². The maximum atomic E-state index is 11.8. The molecule has 0 unspecified atom stereocenters. The summed E-state index contributed by atoms with van der Waals surface area (Å²) in [6.45, 7) is 4.41. The van der Waals surface area contributed by atoms with Crippen LogP contribution in [0.3, 0.4) is 0 Å². The molecule has 2 saturated heterocycles. The van der Waals surface area contributed by atoms with Crippen molar-refractivity contribution in [3.63, 3.8) is 0 Å². The van der Waals surface area contributed by atoms with E-state index < -0.39 is 0 Å². The Morgan fingerprint density at radius 3 is 2.59 bits per heavy atom. The fourth-order valence-corrected chi connectivity index (χ4v) is 2.96. The van der Waals surface area contributed by atoms with Crippen molar-refractivity contribution >= 4 is 5.91 Å². The van der Waals surface area contributed by atoms with Gasteiger partial charge in [0.1, 0.15) is 0 Å². The molecule has 17 heavy (non-hydrogen) atoms. The second kappa shape index (κ2) is 6.36. The van der Waals surface area contributed by atoms with Gasteiger partial charge < -0.3 is 14.9 Å². The van der Waals surface area contributed by atoms with Crippen LogP contribution in [-0.4, -0.2) is 59.6 Å². The highest BCUT2D eigenvalue weighted by atomic mass is 16.3. The topological polar surface area (TPSA) is 43.8 Å². The first-order chi connectivity index (χ1) is 8.31. The van der Waals surface area contributed by atoms with Crippen LogP contribution in [-0.2, 0) is 4.79 Å². The predicted molar refractivity (Wildman–Crippen MR) is 66.7 cm³/mol. The number of likely N-dealkylation sites (tertiary alicyclic amines) is 2. The van der Waals surface area contributed by atoms with Crippen LogP contribution in [0.15, 0.2) is 0 Å². The van der Waals surface area contributed by atoms with Gasteiger partial charge in [-0.25, -0.2) is 0 Å². The van der Waals surface area contributed by atoms with Gasteiger partial charge in [-0.3, -0.25) is 4.79 Å². The van der Waals surface area contributed by atoms with Crippen LogP contribution in [0.25, 0.3) is 0 Å². The predicted octanol–water partition coefficient (Wildman–Crippen LogP) is 0.846. The van der Waals surface area contributed by atoms with Crippen molar-refractivity contribution in [3.8, 4) is 0 Å². The molecule has 2 heterocycles. The highest BCUT2D eigenvalue weighted by Gasteiger charge is 2.28. The summed E-state index contributed by atoms with van der Waals surface area (Å²) >= 11 is 0. The number of aliphatic hydroxyl groups excluding tert-OH is 1. The molecule has 2 fully saturated rings. The summed E-state index contributed by atoms with van der Waals surface area (Å²) < 4.78 is 0. The minimum atomic E-state index is 0.282. The van der Waals surface area contributed by atoms with Gasteiger partial charge in [0.15, 0.2) is 0 Å². The molecule has 0 saturated carbocycles. The first-order valence-electron chi connectivity index (χ1n) is 6.94. The van der Waals surface area contributed by atoms with Crippen molar-refractivity contribution < 1.29 is 9.90 Å². The normalized spacial score (nSPS) is 24.3. The number of hydrogen-bond donors (Lipinski definition) is 1. The van der Waals surface area contributed by atoms with Crippen LogP contribution in [0.5, 0.6) is 0 Å². The first kappa shape index (κ1) is 12.8. The Labute approximate surface area is 104 Å². The molecule has 1 amide bonds. The van der Waals surface area contributed by atoms with Gasteiger partial charge in [-0.15, -0.1) is 0 Å². The number of carbonyl (C=O) groups excluding carboxylic acids is 1. The molecule has 98 valence electrons. The van der Waals surface area contributed by atoms with Crippen LogP contribution in [0.2, 0.25) is 0 Å². The molecule has 0 aromatic carbocycles. The molecule has 0 radical (unpaired) electrons. The fraction of sp³-hybridized carbons (Fsp3) is 0.923. The zero-order chi connectivity index (χ0) is 12.1. The summed E-state index contributed by atoms with van der Waals surface area (Å²) in [4.78, 5) is 16.3. The van der Waals surface area contributed by atoms with Crippen LogP contribution >= 0.6 is 0 Å². The molecule has 4 heteroatoms. The van der Waals surface area contributed by atoms with Gasteiger partial charge in [-0.2, -0.15) is 0 Å². The lowest BCUT2D eigenvalue weighted by Crippen LogP contribution is -2.49. The van der Waals surface area contributed by atoms with Gasteiger partial charge in [0, 0.05) is 45.2 Å². The number of aliphatic hydroxyl groups is 1. The maximum absolute atomic E-state index is 11.8. The summed E-state index contributed by atoms with van der Waals surface area (Å²) in [5.41, 5.74) is 0. The molecular weight excluding hydrogens is 216 g/mol. The molecule has 0 aliphatic carbocycles. The van der Waals surface area contributed by atoms with E-state index in [1.165, 1.54) is 6.42 Å². The molecule has 4 nitrogen and oxygen atoms in total. The van der Waals surface area contributed by atoms with Gasteiger partial charge in [0.2, 0.25) is 5.91 Å². The molecule has 1 N–H and O–H groups in total. The zero-order valence-corrected chi connectivity index (χ0v) is 10.6. The highest BCUT2D eigenvalue weighted by Crippen LogP contribution is 2.21. The summed E-state index contributed by atoms with van der Waals surface area (Å²) in [7, 11) is 0. The standard InChI is InChI=1S/C13H24N2O2/c16-11-3-7-14-9-5-12(6-10-14)15-8-2-1-4-13(15)17/h12,16H,1-11H2. The van der Waals surface area contributed by atoms with Gasteiger partial charge in [0.25, 0.3) is 0 Å².